The number of ether oxygens (including phenoxy) is 3. The largest absolute Gasteiger partial charge is 0.490 e. The van der Waals surface area contributed by atoms with Crippen LogP contribution in [-0.2, 0) is 4.79 Å². The summed E-state index contributed by atoms with van der Waals surface area (Å²) >= 11 is 1.37. The van der Waals surface area contributed by atoms with Crippen LogP contribution in [0.5, 0.6) is 17.2 Å². The Hall–Kier alpha value is -3.33. The minimum Gasteiger partial charge on any atom is -0.490 e. The highest BCUT2D eigenvalue weighted by molar-refractivity contribution is 7.22. The fraction of sp³-hybridized carbons (Fsp3) is 0.400. The molecule has 0 bridgehead atoms. The summed E-state index contributed by atoms with van der Waals surface area (Å²) in [6, 6.07) is 8.75. The first-order valence-corrected chi connectivity index (χ1v) is 12.4. The summed E-state index contributed by atoms with van der Waals surface area (Å²) < 4.78 is 18.0. The molecule has 9 heteroatoms. The van der Waals surface area contributed by atoms with E-state index >= 15 is 0 Å². The molecule has 1 heterocycles. The molecule has 2 N–H and O–H groups in total. The lowest BCUT2D eigenvalue weighted by Gasteiger charge is -2.17. The molecule has 0 unspecified atom stereocenters. The van der Waals surface area contributed by atoms with Crippen molar-refractivity contribution in [3.05, 3.63) is 35.9 Å². The van der Waals surface area contributed by atoms with Gasteiger partial charge < -0.3 is 24.8 Å². The fourth-order valence-electron chi connectivity index (χ4n) is 3.30. The van der Waals surface area contributed by atoms with E-state index in [1.54, 1.807) is 18.2 Å². The number of carbonyl (C=O) groups excluding carboxylic acids is 2. The molecule has 0 spiro atoms. The van der Waals surface area contributed by atoms with E-state index in [2.05, 4.69) is 15.6 Å². The lowest BCUT2D eigenvalue weighted by molar-refractivity contribution is -0.116. The molecule has 2 amide bonds. The third kappa shape index (κ3) is 6.38. The van der Waals surface area contributed by atoms with Crippen molar-refractivity contribution in [1.29, 1.82) is 0 Å². The molecular formula is C25H31N3O5S. The number of anilines is 2. The van der Waals surface area contributed by atoms with Crippen LogP contribution in [0.1, 0.15) is 57.3 Å². The average molecular weight is 486 g/mol. The van der Waals surface area contributed by atoms with Gasteiger partial charge in [-0.1, -0.05) is 24.7 Å². The van der Waals surface area contributed by atoms with Crippen LogP contribution >= 0.6 is 11.3 Å². The highest BCUT2D eigenvalue weighted by Crippen LogP contribution is 2.39. The Morgan fingerprint density at radius 2 is 1.59 bits per heavy atom. The van der Waals surface area contributed by atoms with Crippen molar-refractivity contribution in [2.45, 2.75) is 47.0 Å². The van der Waals surface area contributed by atoms with Gasteiger partial charge in [0.25, 0.3) is 5.91 Å². The second-order valence-electron chi connectivity index (χ2n) is 7.41. The Morgan fingerprint density at radius 3 is 2.21 bits per heavy atom. The van der Waals surface area contributed by atoms with Crippen LogP contribution in [0.3, 0.4) is 0 Å². The maximum absolute atomic E-state index is 13.1. The standard InChI is InChI=1S/C25H31N3O5S/c1-5-9-10-22(29)28-25-27-18-12-11-17(15-21(18)34-25)26-24(30)16-13-19(31-6-2)23(33-8-4)20(14-16)32-7-3/h11-15H,5-10H2,1-4H3,(H,26,30)(H,27,28,29). The van der Waals surface area contributed by atoms with E-state index in [4.69, 9.17) is 14.2 Å². The number of unbranched alkanes of at least 4 members (excludes halogenated alkanes) is 1. The van der Waals surface area contributed by atoms with Gasteiger partial charge in [0.05, 0.1) is 30.0 Å². The highest BCUT2D eigenvalue weighted by Gasteiger charge is 2.19. The first-order chi connectivity index (χ1) is 16.5. The van der Waals surface area contributed by atoms with Gasteiger partial charge in [-0.15, -0.1) is 0 Å². The Bertz CT molecular complexity index is 1120. The number of aromatic nitrogens is 1. The van der Waals surface area contributed by atoms with Gasteiger partial charge in [0.15, 0.2) is 16.6 Å². The molecular weight excluding hydrogens is 454 g/mol. The smallest absolute Gasteiger partial charge is 0.255 e. The third-order valence-electron chi connectivity index (χ3n) is 4.82. The Morgan fingerprint density at radius 1 is 0.912 bits per heavy atom. The molecule has 1 aromatic heterocycles. The Balaban J connectivity index is 1.81. The van der Waals surface area contributed by atoms with Gasteiger partial charge in [-0.2, -0.15) is 0 Å². The summed E-state index contributed by atoms with van der Waals surface area (Å²) in [6.07, 6.45) is 2.28. The van der Waals surface area contributed by atoms with Crippen LogP contribution in [0.15, 0.2) is 30.3 Å². The van der Waals surface area contributed by atoms with Gasteiger partial charge >= 0.3 is 0 Å². The molecule has 2 aromatic carbocycles. The van der Waals surface area contributed by atoms with E-state index in [0.717, 1.165) is 23.1 Å². The number of nitrogens with zero attached hydrogens (tertiary/aromatic N) is 1. The van der Waals surface area contributed by atoms with Crippen molar-refractivity contribution in [3.8, 4) is 17.2 Å². The molecule has 8 nitrogen and oxygen atoms in total. The molecule has 0 radical (unpaired) electrons. The summed E-state index contributed by atoms with van der Waals surface area (Å²) in [7, 11) is 0. The number of carbonyl (C=O) groups is 2. The number of thiazole rings is 1. The number of benzene rings is 2. The van der Waals surface area contributed by atoms with E-state index in [1.165, 1.54) is 11.3 Å². The van der Waals surface area contributed by atoms with Gasteiger partial charge in [-0.05, 0) is 57.5 Å². The zero-order chi connectivity index (χ0) is 24.5. The summed E-state index contributed by atoms with van der Waals surface area (Å²) in [5.41, 5.74) is 1.77. The third-order valence-corrected chi connectivity index (χ3v) is 5.75. The molecule has 182 valence electrons. The summed E-state index contributed by atoms with van der Waals surface area (Å²) in [6.45, 7) is 8.96. The first-order valence-electron chi connectivity index (χ1n) is 11.6. The Labute approximate surface area is 203 Å². The first kappa shape index (κ1) is 25.3. The van der Waals surface area contributed by atoms with Crippen LogP contribution in [0, 0.1) is 0 Å². The minimum absolute atomic E-state index is 0.0415. The van der Waals surface area contributed by atoms with E-state index in [9.17, 15) is 9.59 Å². The molecule has 0 saturated carbocycles. The van der Waals surface area contributed by atoms with Crippen molar-refractivity contribution in [1.82, 2.24) is 4.98 Å². The predicted octanol–water partition coefficient (Wildman–Crippen LogP) is 5.87. The molecule has 0 atom stereocenters. The van der Waals surface area contributed by atoms with Crippen LogP contribution in [0.4, 0.5) is 10.8 Å². The quantitative estimate of drug-likeness (QED) is 0.333. The van der Waals surface area contributed by atoms with Gasteiger partial charge in [0, 0.05) is 17.7 Å². The lowest BCUT2D eigenvalue weighted by atomic mass is 10.1. The zero-order valence-electron chi connectivity index (χ0n) is 20.0. The molecule has 0 aliphatic heterocycles. The number of amides is 2. The van der Waals surface area contributed by atoms with E-state index < -0.39 is 0 Å². The maximum Gasteiger partial charge on any atom is 0.255 e. The predicted molar refractivity (Wildman–Crippen MR) is 136 cm³/mol. The summed E-state index contributed by atoms with van der Waals surface area (Å²) in [5, 5.41) is 6.31. The van der Waals surface area contributed by atoms with Crippen LogP contribution in [-0.4, -0.2) is 36.6 Å². The van der Waals surface area contributed by atoms with Crippen LogP contribution in [0.25, 0.3) is 10.2 Å². The topological polar surface area (TPSA) is 98.8 Å². The van der Waals surface area contributed by atoms with Gasteiger partial charge in [0.2, 0.25) is 11.7 Å². The SMILES string of the molecule is CCCCC(=O)Nc1nc2ccc(NC(=O)c3cc(OCC)c(OCC)c(OCC)c3)cc2s1. The van der Waals surface area contributed by atoms with Crippen molar-refractivity contribution in [2.24, 2.45) is 0 Å². The van der Waals surface area contributed by atoms with Crippen molar-refractivity contribution in [3.63, 3.8) is 0 Å². The van der Waals surface area contributed by atoms with Gasteiger partial charge in [-0.25, -0.2) is 4.98 Å². The summed E-state index contributed by atoms with van der Waals surface area (Å²) in [4.78, 5) is 29.5. The fourth-order valence-corrected chi connectivity index (χ4v) is 4.22. The van der Waals surface area contributed by atoms with Crippen LogP contribution in [0.2, 0.25) is 0 Å². The lowest BCUT2D eigenvalue weighted by Crippen LogP contribution is -2.13. The minimum atomic E-state index is -0.304. The molecule has 0 saturated heterocycles. The molecule has 0 aliphatic rings. The second-order valence-corrected chi connectivity index (χ2v) is 8.44. The molecule has 0 aliphatic carbocycles. The zero-order valence-corrected chi connectivity index (χ0v) is 20.8. The van der Waals surface area contributed by atoms with E-state index in [1.807, 2.05) is 39.8 Å². The number of hydrogen-bond donors (Lipinski definition) is 2. The summed E-state index contributed by atoms with van der Waals surface area (Å²) in [5.74, 6) is 1.06. The van der Waals surface area contributed by atoms with Gasteiger partial charge in [-0.3, -0.25) is 9.59 Å². The second kappa shape index (κ2) is 12.2. The van der Waals surface area contributed by atoms with E-state index in [-0.39, 0.29) is 11.8 Å². The van der Waals surface area contributed by atoms with Crippen molar-refractivity contribution in [2.75, 3.05) is 30.5 Å². The van der Waals surface area contributed by atoms with Crippen molar-refractivity contribution >= 4 is 44.2 Å². The van der Waals surface area contributed by atoms with Crippen molar-refractivity contribution < 1.29 is 23.8 Å². The van der Waals surface area contributed by atoms with Crippen LogP contribution < -0.4 is 24.8 Å². The average Bonchev–Trinajstić information content (AvgIpc) is 3.21. The monoisotopic (exact) mass is 485 g/mol. The normalized spacial score (nSPS) is 10.7. The maximum atomic E-state index is 13.1. The number of nitrogens with one attached hydrogen (secondary N) is 2. The van der Waals surface area contributed by atoms with Gasteiger partial charge in [0.1, 0.15) is 0 Å². The molecule has 0 fully saturated rings. The van der Waals surface area contributed by atoms with E-state index in [0.29, 0.717) is 59.9 Å². The Kier molecular flexibility index (Phi) is 9.09. The number of hydrogen-bond acceptors (Lipinski definition) is 7. The number of rotatable bonds is 12. The molecule has 34 heavy (non-hydrogen) atoms. The number of fused-ring (bicyclic) bond motifs is 1. The highest BCUT2D eigenvalue weighted by atomic mass is 32.1. The molecule has 3 rings (SSSR count). The molecule has 3 aromatic rings.